The van der Waals surface area contributed by atoms with Crippen LogP contribution in [-0.4, -0.2) is 6.71 Å². The van der Waals surface area contributed by atoms with E-state index in [1.807, 2.05) is 0 Å². The van der Waals surface area contributed by atoms with Crippen LogP contribution in [-0.2, 0) is 21.7 Å². The number of para-hydroxylation sites is 4. The first-order valence-electron chi connectivity index (χ1n) is 33.1. The Labute approximate surface area is 547 Å². The topological polar surface area (TPSA) is 32.8 Å². The van der Waals surface area contributed by atoms with Crippen molar-refractivity contribution in [3.63, 3.8) is 0 Å². The van der Waals surface area contributed by atoms with Crippen LogP contribution in [0.3, 0.4) is 0 Å². The number of fused-ring (bicyclic) bond motifs is 12. The van der Waals surface area contributed by atoms with Crippen LogP contribution in [0.15, 0.2) is 258 Å². The normalized spacial score (nSPS) is 13.3. The lowest BCUT2D eigenvalue weighted by Crippen LogP contribution is -2.61. The van der Waals surface area contributed by atoms with E-state index in [4.69, 9.17) is 8.83 Å². The molecule has 4 nitrogen and oxygen atoms in total. The summed E-state index contributed by atoms with van der Waals surface area (Å²) in [4.78, 5) is 5.21. The molecule has 12 aromatic carbocycles. The van der Waals surface area contributed by atoms with Gasteiger partial charge in [-0.05, 0) is 153 Å². The average molecular weight is 1210 g/mol. The molecule has 0 N–H and O–H groups in total. The Kier molecular flexibility index (Phi) is 13.2. The molecule has 0 unspecified atom stereocenters. The van der Waals surface area contributed by atoms with Gasteiger partial charge >= 0.3 is 0 Å². The first-order valence-corrected chi connectivity index (χ1v) is 33.1. The molecule has 0 spiro atoms. The highest BCUT2D eigenvalue weighted by molar-refractivity contribution is 7.03. The van der Waals surface area contributed by atoms with E-state index < -0.39 is 6.71 Å². The Morgan fingerprint density at radius 3 is 0.957 bits per heavy atom. The molecule has 2 aliphatic rings. The Bertz CT molecular complexity index is 4940. The number of benzene rings is 12. The van der Waals surface area contributed by atoms with Crippen LogP contribution < -0.4 is 26.2 Å². The Balaban J connectivity index is 1.15. The van der Waals surface area contributed by atoms with Crippen LogP contribution in [0.5, 0.6) is 0 Å². The monoisotopic (exact) mass is 1200 g/mol. The minimum absolute atomic E-state index is 0.137. The van der Waals surface area contributed by atoms with Crippen LogP contribution >= 0.6 is 0 Å². The quantitative estimate of drug-likeness (QED) is 0.149. The molecule has 0 saturated heterocycles. The van der Waals surface area contributed by atoms with E-state index in [1.54, 1.807) is 0 Å². The Morgan fingerprint density at radius 2 is 0.581 bits per heavy atom. The van der Waals surface area contributed by atoms with Crippen LogP contribution in [0.25, 0.3) is 99.5 Å². The van der Waals surface area contributed by atoms with E-state index >= 15 is 0 Å². The van der Waals surface area contributed by atoms with Crippen molar-refractivity contribution in [2.75, 3.05) is 9.80 Å². The molecule has 454 valence electrons. The molecular weight excluding hydrogens is 1130 g/mol. The first-order chi connectivity index (χ1) is 44.7. The first kappa shape index (κ1) is 58.0. The molecule has 0 atom stereocenters. The maximum absolute atomic E-state index is 7.80. The summed E-state index contributed by atoms with van der Waals surface area (Å²) >= 11 is 0. The van der Waals surface area contributed by atoms with E-state index in [0.717, 1.165) is 145 Å². The third-order valence-corrected chi connectivity index (χ3v) is 19.8. The number of anilines is 6. The molecule has 0 bridgehead atoms. The number of furan rings is 2. The average Bonchev–Trinajstić information content (AvgIpc) is 1.63. The van der Waals surface area contributed by atoms with Gasteiger partial charge in [0.2, 0.25) is 0 Å². The van der Waals surface area contributed by atoms with Crippen molar-refractivity contribution in [3.8, 4) is 55.6 Å². The molecule has 5 heteroatoms. The minimum Gasteiger partial charge on any atom is -0.456 e. The van der Waals surface area contributed by atoms with Crippen LogP contribution in [0.1, 0.15) is 105 Å². The van der Waals surface area contributed by atoms with E-state index in [0.29, 0.717) is 0 Å². The third kappa shape index (κ3) is 9.56. The second-order valence-electron chi connectivity index (χ2n) is 30.1. The van der Waals surface area contributed by atoms with Crippen molar-refractivity contribution < 1.29 is 8.83 Å². The highest BCUT2D eigenvalue weighted by Crippen LogP contribution is 2.55. The second kappa shape index (κ2) is 21.2. The lowest BCUT2D eigenvalue weighted by Gasteiger charge is -2.45. The van der Waals surface area contributed by atoms with Crippen molar-refractivity contribution in [2.24, 2.45) is 0 Å². The summed E-state index contributed by atoms with van der Waals surface area (Å²) in [5.41, 5.74) is 29.1. The molecule has 2 aromatic heterocycles. The second-order valence-corrected chi connectivity index (χ2v) is 30.1. The highest BCUT2D eigenvalue weighted by Gasteiger charge is 2.49. The lowest BCUT2D eigenvalue weighted by atomic mass is 9.33. The number of rotatable bonds is 7. The van der Waals surface area contributed by atoms with Crippen molar-refractivity contribution in [3.05, 3.63) is 271 Å². The summed E-state index contributed by atoms with van der Waals surface area (Å²) < 4.78 is 15.6. The smallest absolute Gasteiger partial charge is 0.261 e. The fourth-order valence-electron chi connectivity index (χ4n) is 14.9. The van der Waals surface area contributed by atoms with E-state index in [-0.39, 0.29) is 21.7 Å². The minimum atomic E-state index is -0.434. The Morgan fingerprint density at radius 1 is 0.258 bits per heavy atom. The zero-order valence-corrected chi connectivity index (χ0v) is 55.5. The van der Waals surface area contributed by atoms with Crippen LogP contribution in [0.2, 0.25) is 0 Å². The molecule has 2 aliphatic heterocycles. The van der Waals surface area contributed by atoms with Crippen LogP contribution in [0, 0.1) is 0 Å². The molecule has 16 rings (SSSR count). The number of hydrogen-bond donors (Lipinski definition) is 0. The van der Waals surface area contributed by atoms with E-state index in [1.165, 1.54) is 27.7 Å². The summed E-state index contributed by atoms with van der Waals surface area (Å²) in [5, 5.41) is 4.36. The third-order valence-electron chi connectivity index (χ3n) is 19.8. The summed E-state index contributed by atoms with van der Waals surface area (Å²) in [7, 11) is 0. The maximum atomic E-state index is 7.80. The van der Waals surface area contributed by atoms with Crippen molar-refractivity contribution in [2.45, 2.75) is 105 Å². The molecule has 14 aromatic rings. The number of nitrogens with zero attached hydrogens (tertiary/aromatic N) is 2. The maximum Gasteiger partial charge on any atom is 0.261 e. The molecule has 0 fully saturated rings. The standard InChI is InChI=1S/C88H77BN2O2/c1-85(2,3)60-44-58(45-61(50-60)86(4,5)6)68-52-74-81(83-78(68)66-38-24-28-42-76(66)92-83)89-80-72(90(74)70-40-26-22-36-64(70)55-32-18-14-19-33-55)48-57(54-30-16-13-17-31-54)49-73(80)91(71-41-27-23-37-65(71)56-34-20-15-21-35-56)75-53-69(79-67-39-25-29-43-77(67)93-84(79)82(75)89)59-46-62(87(7,8)9)51-63(47-59)88(10,11)12/h13-53H,1-12H3. The fourth-order valence-corrected chi connectivity index (χ4v) is 14.9. The summed E-state index contributed by atoms with van der Waals surface area (Å²) in [6.07, 6.45) is 0. The van der Waals surface area contributed by atoms with Crippen molar-refractivity contribution in [1.29, 1.82) is 0 Å². The lowest BCUT2D eigenvalue weighted by molar-refractivity contribution is 0.568. The van der Waals surface area contributed by atoms with Gasteiger partial charge in [0.05, 0.1) is 11.4 Å². The largest absolute Gasteiger partial charge is 0.456 e. The van der Waals surface area contributed by atoms with Gasteiger partial charge in [-0.3, -0.25) is 0 Å². The van der Waals surface area contributed by atoms with Gasteiger partial charge in [-0.1, -0.05) is 283 Å². The van der Waals surface area contributed by atoms with Gasteiger partial charge < -0.3 is 18.6 Å². The van der Waals surface area contributed by atoms with E-state index in [9.17, 15) is 0 Å². The molecular formula is C88H77BN2O2. The molecule has 4 heterocycles. The Hall–Kier alpha value is -10.1. The molecule has 0 radical (unpaired) electrons. The van der Waals surface area contributed by atoms with Gasteiger partial charge in [0.1, 0.15) is 22.3 Å². The highest BCUT2D eigenvalue weighted by atomic mass is 16.3. The van der Waals surface area contributed by atoms with Gasteiger partial charge in [0, 0.05) is 55.4 Å². The summed E-state index contributed by atoms with van der Waals surface area (Å²) in [5.74, 6) is 0. The van der Waals surface area contributed by atoms with Crippen molar-refractivity contribution in [1.82, 2.24) is 0 Å². The predicted molar refractivity (Wildman–Crippen MR) is 397 cm³/mol. The van der Waals surface area contributed by atoms with Crippen molar-refractivity contribution >= 4 is 101 Å². The molecule has 0 amide bonds. The van der Waals surface area contributed by atoms with Gasteiger partial charge in [0.25, 0.3) is 6.71 Å². The predicted octanol–water partition coefficient (Wildman–Crippen LogP) is 23.1. The van der Waals surface area contributed by atoms with Gasteiger partial charge in [-0.25, -0.2) is 0 Å². The van der Waals surface area contributed by atoms with Gasteiger partial charge in [-0.2, -0.15) is 0 Å². The molecule has 0 aliphatic carbocycles. The fraction of sp³-hybridized carbons (Fsp3) is 0.182. The molecule has 93 heavy (non-hydrogen) atoms. The molecule has 0 saturated carbocycles. The zero-order valence-electron chi connectivity index (χ0n) is 55.5. The zero-order chi connectivity index (χ0) is 64.0. The van der Waals surface area contributed by atoms with Gasteiger partial charge in [-0.15, -0.1) is 0 Å². The summed E-state index contributed by atoms with van der Waals surface area (Å²) in [6.45, 7) is 27.6. The number of hydrogen-bond acceptors (Lipinski definition) is 4. The SMILES string of the molecule is CC(C)(C)c1cc(-c2cc3c(c4oc5ccccc5c24)B2c4c(cc(-c5ccccc5)cc4N(c4ccccc4-c4ccccc4)c4cc(-c5cc(C(C)(C)C)cc(C(C)(C)C)c5)c5c(oc6ccccc65)c42)N3c2ccccc2-c2ccccc2)cc(C(C)(C)C)c1. The van der Waals surface area contributed by atoms with Crippen LogP contribution in [0.4, 0.5) is 34.1 Å². The summed E-state index contributed by atoms with van der Waals surface area (Å²) in [6, 6.07) is 93.1. The van der Waals surface area contributed by atoms with Gasteiger partial charge in [0.15, 0.2) is 0 Å². The van der Waals surface area contributed by atoms with E-state index in [2.05, 4.69) is 342 Å².